The molecule has 1 heterocycles. The molecule has 118 valence electrons. The third kappa shape index (κ3) is 3.95. The highest BCUT2D eigenvalue weighted by molar-refractivity contribution is 7.80. The van der Waals surface area contributed by atoms with Gasteiger partial charge in [-0.05, 0) is 19.1 Å². The van der Waals surface area contributed by atoms with Crippen LogP contribution in [0, 0.1) is 10.1 Å². The summed E-state index contributed by atoms with van der Waals surface area (Å²) >= 11 is 5.34. The fourth-order valence-corrected chi connectivity index (χ4v) is 2.52. The highest BCUT2D eigenvalue weighted by Gasteiger charge is 2.32. The molecule has 0 amide bonds. The maximum absolute atomic E-state index is 12.8. The number of nitrogens with one attached hydrogen (secondary N) is 1. The Morgan fingerprint density at radius 1 is 1.26 bits per heavy atom. The minimum Gasteiger partial charge on any atom is -0.374 e. The Labute approximate surface area is 138 Å². The van der Waals surface area contributed by atoms with E-state index >= 15 is 0 Å². The fraction of sp³-hybridized carbons (Fsp3) is 0.188. The van der Waals surface area contributed by atoms with Crippen LogP contribution in [0.3, 0.4) is 0 Å². The summed E-state index contributed by atoms with van der Waals surface area (Å²) in [6.45, 7) is 2.51. The van der Waals surface area contributed by atoms with Crippen LogP contribution in [0.1, 0.15) is 23.3 Å². The number of pyridine rings is 1. The molecule has 1 aromatic carbocycles. The quantitative estimate of drug-likeness (QED) is 0.289. The zero-order valence-corrected chi connectivity index (χ0v) is 13.3. The number of hydrogen-bond acceptors (Lipinski definition) is 4. The van der Waals surface area contributed by atoms with Gasteiger partial charge in [-0.15, -0.1) is 0 Å². The summed E-state index contributed by atoms with van der Waals surface area (Å²) in [7, 11) is 0. The van der Waals surface area contributed by atoms with Crippen molar-refractivity contribution < 1.29 is 14.3 Å². The third-order valence-corrected chi connectivity index (χ3v) is 3.61. The third-order valence-electron chi connectivity index (χ3n) is 3.25. The molecule has 1 N–H and O–H groups in total. The molecule has 2 rings (SSSR count). The van der Waals surface area contributed by atoms with Crippen molar-refractivity contribution in [2.24, 2.45) is 0 Å². The summed E-state index contributed by atoms with van der Waals surface area (Å²) in [6.07, 6.45) is 3.52. The van der Waals surface area contributed by atoms with E-state index in [9.17, 15) is 14.9 Å². The lowest BCUT2D eigenvalue weighted by atomic mass is 10.0. The average molecular weight is 330 g/mol. The lowest BCUT2D eigenvalue weighted by Gasteiger charge is -2.13. The maximum Gasteiger partial charge on any atom is 0.270 e. The first-order valence-corrected chi connectivity index (χ1v) is 7.47. The second-order valence-electron chi connectivity index (χ2n) is 4.79. The van der Waals surface area contributed by atoms with Crippen molar-refractivity contribution in [1.29, 1.82) is 0 Å². The molecule has 1 aromatic heterocycles. The van der Waals surface area contributed by atoms with Crippen molar-refractivity contribution in [3.8, 4) is 0 Å². The van der Waals surface area contributed by atoms with Crippen molar-refractivity contribution >= 4 is 28.7 Å². The van der Waals surface area contributed by atoms with Gasteiger partial charge < -0.3 is 5.32 Å². The number of nitrogens with zero attached hydrogens (tertiary/aromatic N) is 2. The highest BCUT2D eigenvalue weighted by atomic mass is 32.1. The number of ketones is 1. The zero-order valence-electron chi connectivity index (χ0n) is 12.5. The van der Waals surface area contributed by atoms with Gasteiger partial charge in [0.15, 0.2) is 17.4 Å². The smallest absolute Gasteiger partial charge is 0.270 e. The Kier molecular flexibility index (Phi) is 5.48. The van der Waals surface area contributed by atoms with Crippen LogP contribution in [0.25, 0.3) is 0 Å². The van der Waals surface area contributed by atoms with Crippen LogP contribution in [0.15, 0.2) is 54.9 Å². The SMILES string of the molecule is CCNC(=S)C(C(=O)c1ccc([N+](=O)[O-])cc1)[n+]1ccccc1. The van der Waals surface area contributed by atoms with Gasteiger partial charge in [0, 0.05) is 36.4 Å². The number of thiocarbonyl (C=S) groups is 1. The second kappa shape index (κ2) is 7.55. The Morgan fingerprint density at radius 3 is 2.39 bits per heavy atom. The first kappa shape index (κ1) is 16.7. The molecule has 1 atom stereocenters. The maximum atomic E-state index is 12.8. The number of likely N-dealkylation sites (N-methyl/N-ethyl adjacent to an activating group) is 1. The molecule has 0 aliphatic rings. The van der Waals surface area contributed by atoms with Crippen molar-refractivity contribution in [3.05, 3.63) is 70.5 Å². The molecule has 0 saturated heterocycles. The van der Waals surface area contributed by atoms with Crippen LogP contribution in [-0.2, 0) is 0 Å². The highest BCUT2D eigenvalue weighted by Crippen LogP contribution is 2.16. The van der Waals surface area contributed by atoms with E-state index in [1.807, 2.05) is 25.1 Å². The Bertz CT molecular complexity index is 717. The summed E-state index contributed by atoms with van der Waals surface area (Å²) in [4.78, 5) is 23.5. The van der Waals surface area contributed by atoms with Crippen LogP contribution in [0.2, 0.25) is 0 Å². The second-order valence-corrected chi connectivity index (χ2v) is 5.23. The first-order valence-electron chi connectivity index (χ1n) is 7.06. The van der Waals surface area contributed by atoms with Crippen LogP contribution < -0.4 is 9.88 Å². The molecule has 0 saturated carbocycles. The van der Waals surface area contributed by atoms with Crippen LogP contribution in [-0.4, -0.2) is 22.2 Å². The lowest BCUT2D eigenvalue weighted by molar-refractivity contribution is -0.692. The molecule has 0 radical (unpaired) electrons. The van der Waals surface area contributed by atoms with E-state index in [0.717, 1.165) is 0 Å². The molecule has 0 bridgehead atoms. The minimum absolute atomic E-state index is 0.0558. The van der Waals surface area contributed by atoms with Gasteiger partial charge in [0.25, 0.3) is 11.7 Å². The molecule has 23 heavy (non-hydrogen) atoms. The topological polar surface area (TPSA) is 76.1 Å². The van der Waals surface area contributed by atoms with Gasteiger partial charge in [-0.1, -0.05) is 18.3 Å². The molecule has 7 heteroatoms. The Hall–Kier alpha value is -2.67. The van der Waals surface area contributed by atoms with Gasteiger partial charge in [-0.3, -0.25) is 14.9 Å². The van der Waals surface area contributed by atoms with Crippen molar-refractivity contribution in [2.75, 3.05) is 6.54 Å². The van der Waals surface area contributed by atoms with E-state index in [0.29, 0.717) is 17.1 Å². The summed E-state index contributed by atoms with van der Waals surface area (Å²) in [5, 5.41) is 13.7. The number of carbonyl (C=O) groups excluding carboxylic acids is 1. The van der Waals surface area contributed by atoms with E-state index < -0.39 is 11.0 Å². The van der Waals surface area contributed by atoms with E-state index in [2.05, 4.69) is 5.32 Å². The first-order chi connectivity index (χ1) is 11.0. The summed E-state index contributed by atoms with van der Waals surface area (Å²) in [6, 6.07) is 10.3. The zero-order chi connectivity index (χ0) is 16.8. The molecule has 1 unspecified atom stereocenters. The van der Waals surface area contributed by atoms with Gasteiger partial charge >= 0.3 is 0 Å². The van der Waals surface area contributed by atoms with Gasteiger partial charge in [-0.25, -0.2) is 0 Å². The molecule has 2 aromatic rings. The van der Waals surface area contributed by atoms with Crippen LogP contribution in [0.4, 0.5) is 5.69 Å². The van der Waals surface area contributed by atoms with Crippen molar-refractivity contribution in [2.45, 2.75) is 13.0 Å². The molecule has 0 fully saturated rings. The van der Waals surface area contributed by atoms with Crippen molar-refractivity contribution in [3.63, 3.8) is 0 Å². The molecule has 0 spiro atoms. The number of aromatic nitrogens is 1. The Balaban J connectivity index is 2.36. The van der Waals surface area contributed by atoms with Crippen LogP contribution >= 0.6 is 12.2 Å². The number of carbonyl (C=O) groups is 1. The molecular formula is C16H16N3O3S+. The largest absolute Gasteiger partial charge is 0.374 e. The predicted octanol–water partition coefficient (Wildman–Crippen LogP) is 2.24. The standard InChI is InChI=1S/C16H15N3O3S/c1-2-17-16(23)14(18-10-4-3-5-11-18)15(20)12-6-8-13(9-7-12)19(21)22/h3-11,14H,2H2,1H3/p+1. The number of Topliss-reactive ketones (excluding diaryl/α,β-unsaturated/α-hetero) is 1. The van der Waals surface area contributed by atoms with Crippen molar-refractivity contribution in [1.82, 2.24) is 5.32 Å². The van der Waals surface area contributed by atoms with Gasteiger partial charge in [0.05, 0.1) is 4.92 Å². The minimum atomic E-state index is -0.687. The summed E-state index contributed by atoms with van der Waals surface area (Å²) in [5.74, 6) is -0.220. The van der Waals surface area contributed by atoms with Gasteiger partial charge in [-0.2, -0.15) is 4.57 Å². The Morgan fingerprint density at radius 2 is 1.87 bits per heavy atom. The normalized spacial score (nSPS) is 11.5. The number of benzene rings is 1. The molecule has 6 nitrogen and oxygen atoms in total. The monoisotopic (exact) mass is 330 g/mol. The number of rotatable bonds is 6. The fourth-order valence-electron chi connectivity index (χ4n) is 2.15. The predicted molar refractivity (Wildman–Crippen MR) is 89.4 cm³/mol. The van der Waals surface area contributed by atoms with Crippen LogP contribution in [0.5, 0.6) is 0 Å². The molecule has 0 aliphatic carbocycles. The number of nitro groups is 1. The van der Waals surface area contributed by atoms with E-state index in [1.165, 1.54) is 24.3 Å². The number of nitro benzene ring substituents is 1. The number of hydrogen-bond donors (Lipinski definition) is 1. The number of non-ortho nitro benzene ring substituents is 1. The molecule has 0 aliphatic heterocycles. The average Bonchev–Trinajstić information content (AvgIpc) is 2.56. The van der Waals surface area contributed by atoms with Gasteiger partial charge in [0.2, 0.25) is 5.78 Å². The van der Waals surface area contributed by atoms with E-state index in [4.69, 9.17) is 12.2 Å². The molecular weight excluding hydrogens is 314 g/mol. The summed E-state index contributed by atoms with van der Waals surface area (Å²) < 4.78 is 1.72. The van der Waals surface area contributed by atoms with E-state index in [-0.39, 0.29) is 11.5 Å². The lowest BCUT2D eigenvalue weighted by Crippen LogP contribution is -2.51. The van der Waals surface area contributed by atoms with E-state index in [1.54, 1.807) is 17.0 Å². The summed E-state index contributed by atoms with van der Waals surface area (Å²) in [5.41, 5.74) is 0.317. The van der Waals surface area contributed by atoms with Gasteiger partial charge in [0.1, 0.15) is 0 Å².